The van der Waals surface area contributed by atoms with Gasteiger partial charge in [-0.15, -0.1) is 0 Å². The molecule has 182 valence electrons. The molecule has 2 fully saturated rings. The zero-order valence-corrected chi connectivity index (χ0v) is 20.4. The van der Waals surface area contributed by atoms with Crippen LogP contribution in [0.25, 0.3) is 11.1 Å². The fourth-order valence-electron chi connectivity index (χ4n) is 5.85. The van der Waals surface area contributed by atoms with Crippen LogP contribution in [0, 0.1) is 30.5 Å². The molecule has 3 aliphatic rings. The SMILES string of the molecule is Cc1nc(OCC2CCOCC2)ccc1-c1ccc(F)c(COc2ccc3c(c2)C[C@H]2[C@H](C)[C@@H]32)c1. The van der Waals surface area contributed by atoms with Crippen molar-refractivity contribution in [3.63, 3.8) is 0 Å². The topological polar surface area (TPSA) is 40.6 Å². The summed E-state index contributed by atoms with van der Waals surface area (Å²) < 4.78 is 32.0. The molecule has 2 aliphatic carbocycles. The molecule has 35 heavy (non-hydrogen) atoms. The average molecular weight is 474 g/mol. The molecule has 0 N–H and O–H groups in total. The van der Waals surface area contributed by atoms with E-state index in [-0.39, 0.29) is 12.4 Å². The lowest BCUT2D eigenvalue weighted by atomic mass is 10.0. The Bertz CT molecular complexity index is 1240. The number of nitrogens with zero attached hydrogens (tertiary/aromatic N) is 1. The molecule has 1 saturated carbocycles. The van der Waals surface area contributed by atoms with Crippen molar-refractivity contribution < 1.29 is 18.6 Å². The molecule has 0 spiro atoms. The normalized spacial score (nSPS) is 23.0. The van der Waals surface area contributed by atoms with Crippen molar-refractivity contribution in [2.45, 2.75) is 45.6 Å². The maximum Gasteiger partial charge on any atom is 0.213 e. The highest BCUT2D eigenvalue weighted by molar-refractivity contribution is 5.67. The summed E-state index contributed by atoms with van der Waals surface area (Å²) in [4.78, 5) is 4.65. The van der Waals surface area contributed by atoms with E-state index in [2.05, 4.69) is 24.0 Å². The fourth-order valence-corrected chi connectivity index (χ4v) is 5.85. The highest BCUT2D eigenvalue weighted by Crippen LogP contribution is 2.61. The van der Waals surface area contributed by atoms with Crippen LogP contribution in [0.1, 0.15) is 48.1 Å². The maximum absolute atomic E-state index is 14.6. The molecule has 0 amide bonds. The van der Waals surface area contributed by atoms with Gasteiger partial charge in [-0.25, -0.2) is 9.37 Å². The molecule has 2 heterocycles. The van der Waals surface area contributed by atoms with Crippen LogP contribution in [0.2, 0.25) is 0 Å². The molecule has 6 rings (SSSR count). The highest BCUT2D eigenvalue weighted by Gasteiger charge is 2.52. The first-order chi connectivity index (χ1) is 17.1. The van der Waals surface area contributed by atoms with Crippen LogP contribution < -0.4 is 9.47 Å². The van der Waals surface area contributed by atoms with Gasteiger partial charge in [0.2, 0.25) is 5.88 Å². The van der Waals surface area contributed by atoms with Crippen LogP contribution in [0.15, 0.2) is 48.5 Å². The van der Waals surface area contributed by atoms with Crippen LogP contribution in [0.4, 0.5) is 4.39 Å². The second kappa shape index (κ2) is 9.27. The van der Waals surface area contributed by atoms with Crippen molar-refractivity contribution in [2.24, 2.45) is 17.8 Å². The van der Waals surface area contributed by atoms with E-state index in [0.29, 0.717) is 24.0 Å². The predicted octanol–water partition coefficient (Wildman–Crippen LogP) is 6.49. The number of benzene rings is 2. The Labute approximate surface area is 206 Å². The summed E-state index contributed by atoms with van der Waals surface area (Å²) in [6.45, 7) is 6.78. The average Bonchev–Trinajstić information content (AvgIpc) is 3.33. The molecule has 1 saturated heterocycles. The standard InChI is InChI=1S/C30H32FNO3/c1-18-27-15-22-14-24(4-5-26(22)30(18)27)34-17-23-13-21(3-7-28(23)31)25-6-8-29(32-19(25)2)35-16-20-9-11-33-12-10-20/h3-8,13-14,18,20,27,30H,9-12,15-17H2,1-2H3/t18-,27-,30-/m0/s1. The number of hydrogen-bond donors (Lipinski definition) is 0. The van der Waals surface area contributed by atoms with Gasteiger partial charge in [-0.3, -0.25) is 0 Å². The first kappa shape index (κ1) is 22.5. The first-order valence-electron chi connectivity index (χ1n) is 12.8. The minimum absolute atomic E-state index is 0.195. The summed E-state index contributed by atoms with van der Waals surface area (Å²) in [6.07, 6.45) is 3.20. The number of aryl methyl sites for hydroxylation is 1. The number of halogens is 1. The first-order valence-corrected chi connectivity index (χ1v) is 12.8. The third kappa shape index (κ3) is 4.54. The second-order valence-corrected chi connectivity index (χ2v) is 10.4. The lowest BCUT2D eigenvalue weighted by Crippen LogP contribution is -2.21. The Balaban J connectivity index is 1.13. The Morgan fingerprint density at radius 3 is 2.71 bits per heavy atom. The minimum Gasteiger partial charge on any atom is -0.489 e. The summed E-state index contributed by atoms with van der Waals surface area (Å²) >= 11 is 0. The number of fused-ring (bicyclic) bond motifs is 3. The highest BCUT2D eigenvalue weighted by atomic mass is 19.1. The van der Waals surface area contributed by atoms with E-state index >= 15 is 0 Å². The van der Waals surface area contributed by atoms with Crippen molar-refractivity contribution in [1.82, 2.24) is 4.98 Å². The van der Waals surface area contributed by atoms with Crippen LogP contribution in [-0.4, -0.2) is 24.8 Å². The van der Waals surface area contributed by atoms with Crippen molar-refractivity contribution in [3.05, 3.63) is 76.7 Å². The van der Waals surface area contributed by atoms with E-state index in [1.165, 1.54) is 17.2 Å². The summed E-state index contributed by atoms with van der Waals surface area (Å²) in [6, 6.07) is 15.5. The predicted molar refractivity (Wildman–Crippen MR) is 133 cm³/mol. The molecule has 2 aromatic carbocycles. The van der Waals surface area contributed by atoms with Gasteiger partial charge in [-0.1, -0.05) is 19.1 Å². The van der Waals surface area contributed by atoms with Gasteiger partial charge in [0, 0.05) is 36.1 Å². The van der Waals surface area contributed by atoms with Crippen LogP contribution in [0.3, 0.4) is 0 Å². The number of hydrogen-bond acceptors (Lipinski definition) is 4. The van der Waals surface area contributed by atoms with Gasteiger partial charge < -0.3 is 14.2 Å². The van der Waals surface area contributed by atoms with E-state index < -0.39 is 0 Å². The van der Waals surface area contributed by atoms with Gasteiger partial charge in [0.15, 0.2) is 0 Å². The lowest BCUT2D eigenvalue weighted by Gasteiger charge is -2.22. The number of rotatable bonds is 7. The van der Waals surface area contributed by atoms with Crippen molar-refractivity contribution in [1.29, 1.82) is 0 Å². The van der Waals surface area contributed by atoms with E-state index in [1.54, 1.807) is 6.07 Å². The van der Waals surface area contributed by atoms with Crippen molar-refractivity contribution >= 4 is 0 Å². The molecule has 5 heteroatoms. The molecule has 1 aliphatic heterocycles. The summed E-state index contributed by atoms with van der Waals surface area (Å²) in [5, 5.41) is 0. The molecule has 0 bridgehead atoms. The molecule has 0 unspecified atom stereocenters. The third-order valence-electron chi connectivity index (χ3n) is 8.11. The number of aromatic nitrogens is 1. The number of pyridine rings is 1. The molecule has 0 radical (unpaired) electrons. The zero-order chi connectivity index (χ0) is 23.9. The second-order valence-electron chi connectivity index (χ2n) is 10.4. The Morgan fingerprint density at radius 2 is 1.89 bits per heavy atom. The van der Waals surface area contributed by atoms with Crippen molar-refractivity contribution in [3.8, 4) is 22.8 Å². The van der Waals surface area contributed by atoms with Gasteiger partial charge in [-0.2, -0.15) is 0 Å². The van der Waals surface area contributed by atoms with Crippen LogP contribution in [0.5, 0.6) is 11.6 Å². The van der Waals surface area contributed by atoms with E-state index in [4.69, 9.17) is 14.2 Å². The molecule has 3 atom stereocenters. The molecule has 3 aromatic rings. The number of ether oxygens (including phenoxy) is 3. The van der Waals surface area contributed by atoms with E-state index in [9.17, 15) is 4.39 Å². The van der Waals surface area contributed by atoms with Gasteiger partial charge >= 0.3 is 0 Å². The molecule has 4 nitrogen and oxygen atoms in total. The van der Waals surface area contributed by atoms with Crippen LogP contribution in [-0.2, 0) is 17.8 Å². The summed E-state index contributed by atoms with van der Waals surface area (Å²) in [5.41, 5.74) is 6.17. The smallest absolute Gasteiger partial charge is 0.213 e. The van der Waals surface area contributed by atoms with Crippen LogP contribution >= 0.6 is 0 Å². The fraction of sp³-hybridized carbons (Fsp3) is 0.433. The zero-order valence-electron chi connectivity index (χ0n) is 20.4. The summed E-state index contributed by atoms with van der Waals surface area (Å²) in [7, 11) is 0. The van der Waals surface area contributed by atoms with Gasteiger partial charge in [-0.05, 0) is 96.9 Å². The van der Waals surface area contributed by atoms with E-state index in [0.717, 1.165) is 72.8 Å². The molecule has 1 aromatic heterocycles. The molecular weight excluding hydrogens is 441 g/mol. The van der Waals surface area contributed by atoms with Gasteiger partial charge in [0.25, 0.3) is 0 Å². The monoisotopic (exact) mass is 473 g/mol. The minimum atomic E-state index is -0.257. The largest absolute Gasteiger partial charge is 0.489 e. The van der Waals surface area contributed by atoms with Crippen molar-refractivity contribution in [2.75, 3.05) is 19.8 Å². The van der Waals surface area contributed by atoms with E-state index in [1.807, 2.05) is 31.2 Å². The maximum atomic E-state index is 14.6. The third-order valence-corrected chi connectivity index (χ3v) is 8.11. The summed E-state index contributed by atoms with van der Waals surface area (Å²) in [5.74, 6) is 4.07. The Hall–Kier alpha value is -2.92. The molecular formula is C30H32FNO3. The van der Waals surface area contributed by atoms with Gasteiger partial charge in [0.05, 0.1) is 6.61 Å². The Kier molecular flexibility index (Phi) is 5.97. The Morgan fingerprint density at radius 1 is 1.03 bits per heavy atom. The lowest BCUT2D eigenvalue weighted by molar-refractivity contribution is 0.0490. The van der Waals surface area contributed by atoms with Gasteiger partial charge in [0.1, 0.15) is 18.2 Å². The quantitative estimate of drug-likeness (QED) is 0.393.